The van der Waals surface area contributed by atoms with Crippen molar-refractivity contribution in [2.75, 3.05) is 19.4 Å². The van der Waals surface area contributed by atoms with E-state index in [-0.39, 0.29) is 0 Å². The molecule has 10 heavy (non-hydrogen) atoms. The van der Waals surface area contributed by atoms with Crippen molar-refractivity contribution in [1.82, 2.24) is 5.48 Å². The van der Waals surface area contributed by atoms with Crippen molar-refractivity contribution < 1.29 is 4.84 Å². The highest BCUT2D eigenvalue weighted by atomic mass is 32.2. The molecule has 1 rings (SSSR count). The number of nitrogens with one attached hydrogen (secondary N) is 1. The van der Waals surface area contributed by atoms with E-state index in [1.165, 1.54) is 25.0 Å². The molecule has 0 radical (unpaired) electrons. The van der Waals surface area contributed by atoms with E-state index < -0.39 is 0 Å². The molecule has 1 unspecified atom stereocenters. The van der Waals surface area contributed by atoms with Crippen molar-refractivity contribution in [3.05, 3.63) is 0 Å². The Bertz CT molecular complexity index is 83.7. The van der Waals surface area contributed by atoms with Gasteiger partial charge in [-0.1, -0.05) is 6.42 Å². The summed E-state index contributed by atoms with van der Waals surface area (Å²) in [5, 5.41) is 0.737. The second-order valence-corrected chi connectivity index (χ2v) is 3.91. The fraction of sp³-hybridized carbons (Fsp3) is 1.00. The zero-order valence-corrected chi connectivity index (χ0v) is 7.25. The van der Waals surface area contributed by atoms with Gasteiger partial charge >= 0.3 is 0 Å². The molecule has 0 aliphatic carbocycles. The lowest BCUT2D eigenvalue weighted by Gasteiger charge is -2.20. The molecule has 1 fully saturated rings. The molecule has 1 N–H and O–H groups in total. The SMILES string of the molecule is CNOCC1CCCCS1. The standard InChI is InChI=1S/C7H15NOS/c1-8-9-6-7-4-2-3-5-10-7/h7-8H,2-6H2,1H3. The van der Waals surface area contributed by atoms with E-state index >= 15 is 0 Å². The Morgan fingerprint density at radius 1 is 1.60 bits per heavy atom. The normalized spacial score (nSPS) is 26.7. The van der Waals surface area contributed by atoms with E-state index in [2.05, 4.69) is 5.48 Å². The van der Waals surface area contributed by atoms with E-state index in [1.54, 1.807) is 0 Å². The summed E-state index contributed by atoms with van der Waals surface area (Å²) in [5.41, 5.74) is 2.70. The number of hydroxylamine groups is 1. The van der Waals surface area contributed by atoms with Crippen LogP contribution in [0.4, 0.5) is 0 Å². The largest absolute Gasteiger partial charge is 0.301 e. The van der Waals surface area contributed by atoms with Crippen LogP contribution < -0.4 is 5.48 Å². The Balaban J connectivity index is 2.02. The molecule has 1 atom stereocenters. The van der Waals surface area contributed by atoms with Crippen molar-refractivity contribution in [2.45, 2.75) is 24.5 Å². The molecule has 0 amide bonds. The van der Waals surface area contributed by atoms with Crippen LogP contribution in [-0.4, -0.2) is 24.7 Å². The molecular formula is C7H15NOS. The lowest BCUT2D eigenvalue weighted by atomic mass is 10.2. The van der Waals surface area contributed by atoms with Crippen LogP contribution in [0.5, 0.6) is 0 Å². The van der Waals surface area contributed by atoms with E-state index in [0.717, 1.165) is 11.9 Å². The molecule has 0 spiro atoms. The van der Waals surface area contributed by atoms with Crippen LogP contribution in [0.25, 0.3) is 0 Å². The molecule has 1 saturated heterocycles. The van der Waals surface area contributed by atoms with Gasteiger partial charge in [-0.3, -0.25) is 0 Å². The van der Waals surface area contributed by atoms with E-state index in [9.17, 15) is 0 Å². The third-order valence-corrected chi connectivity index (χ3v) is 3.06. The van der Waals surface area contributed by atoms with Crippen LogP contribution in [0.1, 0.15) is 19.3 Å². The monoisotopic (exact) mass is 161 g/mol. The van der Waals surface area contributed by atoms with Crippen molar-refractivity contribution in [2.24, 2.45) is 0 Å². The molecule has 1 aliphatic rings. The number of rotatable bonds is 3. The lowest BCUT2D eigenvalue weighted by molar-refractivity contribution is 0.0575. The lowest BCUT2D eigenvalue weighted by Crippen LogP contribution is -2.20. The minimum absolute atomic E-state index is 0.737. The highest BCUT2D eigenvalue weighted by Gasteiger charge is 2.13. The van der Waals surface area contributed by atoms with Crippen LogP contribution in [0.3, 0.4) is 0 Å². The maximum Gasteiger partial charge on any atom is 0.0800 e. The second kappa shape index (κ2) is 4.99. The summed E-state index contributed by atoms with van der Waals surface area (Å²) < 4.78 is 0. The van der Waals surface area contributed by atoms with E-state index in [0.29, 0.717) is 0 Å². The number of thioether (sulfide) groups is 1. The van der Waals surface area contributed by atoms with Crippen LogP contribution in [0.15, 0.2) is 0 Å². The molecule has 0 aromatic heterocycles. The molecular weight excluding hydrogens is 146 g/mol. The van der Waals surface area contributed by atoms with Gasteiger partial charge in [0, 0.05) is 12.3 Å². The summed E-state index contributed by atoms with van der Waals surface area (Å²) >= 11 is 2.04. The smallest absolute Gasteiger partial charge is 0.0800 e. The fourth-order valence-corrected chi connectivity index (χ4v) is 2.32. The Hall–Kier alpha value is 0.270. The van der Waals surface area contributed by atoms with Crippen LogP contribution in [-0.2, 0) is 4.84 Å². The summed E-state index contributed by atoms with van der Waals surface area (Å²) in [6.45, 7) is 0.862. The average molecular weight is 161 g/mol. The minimum atomic E-state index is 0.737. The van der Waals surface area contributed by atoms with Crippen LogP contribution in [0.2, 0.25) is 0 Å². The summed E-state index contributed by atoms with van der Waals surface area (Å²) in [5.74, 6) is 1.32. The zero-order chi connectivity index (χ0) is 7.23. The molecule has 0 aromatic rings. The first-order chi connectivity index (χ1) is 4.93. The number of hydrogen-bond donors (Lipinski definition) is 1. The van der Waals surface area contributed by atoms with Crippen molar-refractivity contribution in [3.8, 4) is 0 Å². The van der Waals surface area contributed by atoms with Crippen LogP contribution in [0, 0.1) is 0 Å². The van der Waals surface area contributed by atoms with Gasteiger partial charge in [-0.05, 0) is 18.6 Å². The van der Waals surface area contributed by atoms with E-state index in [1.807, 2.05) is 18.8 Å². The van der Waals surface area contributed by atoms with Gasteiger partial charge in [-0.25, -0.2) is 5.48 Å². The molecule has 1 heterocycles. The highest BCUT2D eigenvalue weighted by molar-refractivity contribution is 7.99. The molecule has 0 aromatic carbocycles. The molecule has 60 valence electrons. The summed E-state index contributed by atoms with van der Waals surface area (Å²) in [6, 6.07) is 0. The highest BCUT2D eigenvalue weighted by Crippen LogP contribution is 2.24. The van der Waals surface area contributed by atoms with Crippen molar-refractivity contribution in [1.29, 1.82) is 0 Å². The second-order valence-electron chi connectivity index (χ2n) is 2.50. The maximum absolute atomic E-state index is 5.10. The summed E-state index contributed by atoms with van der Waals surface area (Å²) in [4.78, 5) is 5.10. The van der Waals surface area contributed by atoms with Gasteiger partial charge in [-0.2, -0.15) is 11.8 Å². The van der Waals surface area contributed by atoms with E-state index in [4.69, 9.17) is 4.84 Å². The van der Waals surface area contributed by atoms with Gasteiger partial charge in [0.1, 0.15) is 0 Å². The Labute approximate surface area is 66.7 Å². The summed E-state index contributed by atoms with van der Waals surface area (Å²) in [6.07, 6.45) is 4.10. The van der Waals surface area contributed by atoms with Gasteiger partial charge in [0.25, 0.3) is 0 Å². The Morgan fingerprint density at radius 2 is 2.50 bits per heavy atom. The Kier molecular flexibility index (Phi) is 4.18. The average Bonchev–Trinajstić information content (AvgIpc) is 2.03. The molecule has 2 nitrogen and oxygen atoms in total. The molecule has 3 heteroatoms. The minimum Gasteiger partial charge on any atom is -0.301 e. The first kappa shape index (κ1) is 8.37. The van der Waals surface area contributed by atoms with Gasteiger partial charge in [0.15, 0.2) is 0 Å². The first-order valence-corrected chi connectivity index (χ1v) is 4.88. The molecule has 0 saturated carbocycles. The molecule has 1 aliphatic heterocycles. The fourth-order valence-electron chi connectivity index (χ4n) is 1.12. The predicted molar refractivity (Wildman–Crippen MR) is 45.1 cm³/mol. The quantitative estimate of drug-likeness (QED) is 0.633. The van der Waals surface area contributed by atoms with Gasteiger partial charge in [-0.15, -0.1) is 0 Å². The topological polar surface area (TPSA) is 21.3 Å². The van der Waals surface area contributed by atoms with Gasteiger partial charge in [0.05, 0.1) is 6.61 Å². The third-order valence-electron chi connectivity index (χ3n) is 1.69. The van der Waals surface area contributed by atoms with Crippen molar-refractivity contribution >= 4 is 11.8 Å². The van der Waals surface area contributed by atoms with Gasteiger partial charge in [0.2, 0.25) is 0 Å². The summed E-state index contributed by atoms with van der Waals surface area (Å²) in [7, 11) is 1.81. The predicted octanol–water partition coefficient (Wildman–Crippen LogP) is 1.42. The van der Waals surface area contributed by atoms with Crippen molar-refractivity contribution in [3.63, 3.8) is 0 Å². The molecule has 0 bridgehead atoms. The first-order valence-electron chi connectivity index (χ1n) is 3.83. The number of hydrogen-bond acceptors (Lipinski definition) is 3. The Morgan fingerprint density at radius 3 is 3.10 bits per heavy atom. The maximum atomic E-state index is 5.10. The zero-order valence-electron chi connectivity index (χ0n) is 6.43. The van der Waals surface area contributed by atoms with Gasteiger partial charge < -0.3 is 4.84 Å². The van der Waals surface area contributed by atoms with Crippen LogP contribution >= 0.6 is 11.8 Å². The third kappa shape index (κ3) is 2.90.